The van der Waals surface area contributed by atoms with Gasteiger partial charge >= 0.3 is 11.8 Å². The number of carbonyl (C=O) groups is 3. The van der Waals surface area contributed by atoms with Crippen LogP contribution >= 0.6 is 0 Å². The molecule has 0 saturated carbocycles. The second kappa shape index (κ2) is 9.78. The summed E-state index contributed by atoms with van der Waals surface area (Å²) in [7, 11) is 1.83. The van der Waals surface area contributed by atoms with Crippen molar-refractivity contribution in [1.29, 1.82) is 0 Å². The van der Waals surface area contributed by atoms with E-state index >= 15 is 0 Å². The highest BCUT2D eigenvalue weighted by molar-refractivity contribution is 6.39. The Labute approximate surface area is 182 Å². The summed E-state index contributed by atoms with van der Waals surface area (Å²) in [6.07, 6.45) is 3.17. The lowest BCUT2D eigenvalue weighted by Crippen LogP contribution is -2.38. The minimum atomic E-state index is -0.786. The van der Waals surface area contributed by atoms with Gasteiger partial charge in [0.15, 0.2) is 0 Å². The van der Waals surface area contributed by atoms with Gasteiger partial charge in [-0.05, 0) is 49.1 Å². The van der Waals surface area contributed by atoms with E-state index in [0.717, 1.165) is 29.8 Å². The van der Waals surface area contributed by atoms with Crippen molar-refractivity contribution >= 4 is 29.1 Å². The molecule has 1 aliphatic heterocycles. The predicted octanol–water partition coefficient (Wildman–Crippen LogP) is 2.14. The molecule has 0 bridgehead atoms. The summed E-state index contributed by atoms with van der Waals surface area (Å²) in [6.45, 7) is 4.54. The molecule has 31 heavy (non-hydrogen) atoms. The maximum Gasteiger partial charge on any atom is 0.313 e. The smallest absolute Gasteiger partial charge is 0.313 e. The second-order valence-corrected chi connectivity index (χ2v) is 8.15. The number of anilines is 2. The van der Waals surface area contributed by atoms with Crippen LogP contribution in [0.4, 0.5) is 11.4 Å². The Morgan fingerprint density at radius 1 is 1.16 bits per heavy atom. The Kier molecular flexibility index (Phi) is 7.12. The van der Waals surface area contributed by atoms with E-state index in [2.05, 4.69) is 10.6 Å². The average molecular weight is 427 g/mol. The van der Waals surface area contributed by atoms with E-state index in [9.17, 15) is 19.5 Å². The van der Waals surface area contributed by atoms with E-state index in [1.807, 2.05) is 49.9 Å². The number of hydrogen-bond acceptors (Lipinski definition) is 4. The number of nitrogens with one attached hydrogen (secondary N) is 2. The molecule has 8 nitrogen and oxygen atoms in total. The third-order valence-electron chi connectivity index (χ3n) is 5.46. The topological polar surface area (TPSA) is 104 Å². The molecule has 8 heteroatoms. The monoisotopic (exact) mass is 426 g/mol. The zero-order valence-electron chi connectivity index (χ0n) is 18.2. The summed E-state index contributed by atoms with van der Waals surface area (Å²) in [5, 5.41) is 15.3. The van der Waals surface area contributed by atoms with Gasteiger partial charge in [0, 0.05) is 49.3 Å². The first kappa shape index (κ1) is 22.6. The van der Waals surface area contributed by atoms with E-state index in [1.54, 1.807) is 17.0 Å². The zero-order valence-corrected chi connectivity index (χ0v) is 18.2. The molecule has 1 aromatic heterocycles. The fourth-order valence-electron chi connectivity index (χ4n) is 3.75. The Morgan fingerprint density at radius 2 is 1.94 bits per heavy atom. The molecule has 0 radical (unpaired) electrons. The summed E-state index contributed by atoms with van der Waals surface area (Å²) >= 11 is 0. The normalized spacial score (nSPS) is 14.2. The molecule has 166 valence electrons. The van der Waals surface area contributed by atoms with E-state index in [-0.39, 0.29) is 18.4 Å². The molecule has 3 amide bonds. The molecular weight excluding hydrogens is 396 g/mol. The van der Waals surface area contributed by atoms with Crippen LogP contribution in [0.1, 0.15) is 44.1 Å². The third kappa shape index (κ3) is 5.32. The zero-order chi connectivity index (χ0) is 22.5. The highest BCUT2D eigenvalue weighted by Gasteiger charge is 2.25. The summed E-state index contributed by atoms with van der Waals surface area (Å²) in [5.74, 6) is -1.64. The average Bonchev–Trinajstić information content (AvgIpc) is 3.18. The van der Waals surface area contributed by atoms with Gasteiger partial charge in [0.1, 0.15) is 0 Å². The molecule has 1 atom stereocenters. The van der Waals surface area contributed by atoms with Gasteiger partial charge in [0.05, 0.1) is 6.10 Å². The number of aromatic nitrogens is 1. The molecule has 1 unspecified atom stereocenters. The number of rotatable bonds is 6. The molecule has 0 fully saturated rings. The maximum atomic E-state index is 12.5. The van der Waals surface area contributed by atoms with E-state index < -0.39 is 17.9 Å². The molecule has 0 saturated heterocycles. The summed E-state index contributed by atoms with van der Waals surface area (Å²) in [6, 6.07) is 9.02. The number of nitrogens with zero attached hydrogens (tertiary/aromatic N) is 2. The molecule has 3 N–H and O–H groups in total. The molecule has 0 aliphatic carbocycles. The van der Waals surface area contributed by atoms with Gasteiger partial charge in [-0.25, -0.2) is 0 Å². The highest BCUT2D eigenvalue weighted by atomic mass is 16.3. The number of aryl methyl sites for hydroxylation is 2. The van der Waals surface area contributed by atoms with Crippen LogP contribution < -0.4 is 15.5 Å². The van der Waals surface area contributed by atoms with E-state index in [4.69, 9.17) is 0 Å². The highest BCUT2D eigenvalue weighted by Crippen LogP contribution is 2.31. The van der Waals surface area contributed by atoms with Crippen molar-refractivity contribution in [3.63, 3.8) is 0 Å². The van der Waals surface area contributed by atoms with Crippen LogP contribution in [-0.4, -0.2) is 40.5 Å². The Morgan fingerprint density at radius 3 is 2.61 bits per heavy atom. The lowest BCUT2D eigenvalue weighted by Gasteiger charge is -2.31. The van der Waals surface area contributed by atoms with Crippen molar-refractivity contribution in [3.05, 3.63) is 47.8 Å². The fourth-order valence-corrected chi connectivity index (χ4v) is 3.75. The predicted molar refractivity (Wildman–Crippen MR) is 119 cm³/mol. The molecule has 3 rings (SSSR count). The third-order valence-corrected chi connectivity index (χ3v) is 5.46. The van der Waals surface area contributed by atoms with Crippen molar-refractivity contribution in [1.82, 2.24) is 9.88 Å². The van der Waals surface area contributed by atoms with Gasteiger partial charge < -0.3 is 25.2 Å². The van der Waals surface area contributed by atoms with Gasteiger partial charge in [-0.3, -0.25) is 14.4 Å². The molecule has 1 aromatic carbocycles. The van der Waals surface area contributed by atoms with Crippen LogP contribution in [0.5, 0.6) is 0 Å². The minimum Gasteiger partial charge on any atom is -0.387 e. The standard InChI is InChI=1S/C23H30N4O4/c1-15(2)23(31)27-13-4-6-16-8-9-17(14-19(16)27)25-22(30)21(29)24-11-10-20(28)18-7-5-12-26(18)3/h5,7-9,12,14-15,20,28H,4,6,10-11,13H2,1-3H3,(H,24,29)(H,25,30). The van der Waals surface area contributed by atoms with Crippen LogP contribution in [0.15, 0.2) is 36.5 Å². The van der Waals surface area contributed by atoms with Crippen LogP contribution in [-0.2, 0) is 27.9 Å². The quantitative estimate of drug-likeness (QED) is 0.616. The molecular formula is C23H30N4O4. The molecule has 1 aliphatic rings. The maximum absolute atomic E-state index is 12.5. The van der Waals surface area contributed by atoms with Gasteiger partial charge in [-0.15, -0.1) is 0 Å². The van der Waals surface area contributed by atoms with Crippen molar-refractivity contribution in [3.8, 4) is 0 Å². The number of benzene rings is 1. The number of carbonyl (C=O) groups excluding carboxylic acids is 3. The first-order valence-electron chi connectivity index (χ1n) is 10.6. The van der Waals surface area contributed by atoms with Gasteiger partial charge in [-0.2, -0.15) is 0 Å². The Balaban J connectivity index is 1.57. The first-order chi connectivity index (χ1) is 14.8. The van der Waals surface area contributed by atoms with Crippen LogP contribution in [0.3, 0.4) is 0 Å². The summed E-state index contributed by atoms with van der Waals surface area (Å²) in [5.41, 5.74) is 3.05. The van der Waals surface area contributed by atoms with Crippen LogP contribution in [0, 0.1) is 5.92 Å². The van der Waals surface area contributed by atoms with E-state index in [1.165, 1.54) is 0 Å². The SMILES string of the molecule is CC(C)C(=O)N1CCCc2ccc(NC(=O)C(=O)NCCC(O)c3cccn3C)cc21. The summed E-state index contributed by atoms with van der Waals surface area (Å²) in [4.78, 5) is 38.7. The van der Waals surface area contributed by atoms with Crippen LogP contribution in [0.25, 0.3) is 0 Å². The van der Waals surface area contributed by atoms with Gasteiger partial charge in [-0.1, -0.05) is 19.9 Å². The number of aliphatic hydroxyl groups is 1. The number of amides is 3. The number of fused-ring (bicyclic) bond motifs is 1. The van der Waals surface area contributed by atoms with Crippen LogP contribution in [0.2, 0.25) is 0 Å². The minimum absolute atomic E-state index is 0.0407. The summed E-state index contributed by atoms with van der Waals surface area (Å²) < 4.78 is 1.81. The first-order valence-corrected chi connectivity index (χ1v) is 10.6. The fraction of sp³-hybridized carbons (Fsp3) is 0.435. The van der Waals surface area contributed by atoms with Crippen molar-refractivity contribution in [2.45, 2.75) is 39.2 Å². The van der Waals surface area contributed by atoms with Crippen molar-refractivity contribution in [2.24, 2.45) is 13.0 Å². The van der Waals surface area contributed by atoms with E-state index in [0.29, 0.717) is 18.7 Å². The Bertz CT molecular complexity index is 966. The van der Waals surface area contributed by atoms with Crippen molar-refractivity contribution < 1.29 is 19.5 Å². The molecule has 0 spiro atoms. The number of hydrogen-bond donors (Lipinski definition) is 3. The lowest BCUT2D eigenvalue weighted by molar-refractivity contribution is -0.136. The molecule has 2 aromatic rings. The second-order valence-electron chi connectivity index (χ2n) is 8.15. The lowest BCUT2D eigenvalue weighted by atomic mass is 9.99. The number of aliphatic hydroxyl groups excluding tert-OH is 1. The van der Waals surface area contributed by atoms with Crippen molar-refractivity contribution in [2.75, 3.05) is 23.3 Å². The van der Waals surface area contributed by atoms with Gasteiger partial charge in [0.2, 0.25) is 5.91 Å². The van der Waals surface area contributed by atoms with Gasteiger partial charge in [0.25, 0.3) is 0 Å². The molecule has 2 heterocycles. The largest absolute Gasteiger partial charge is 0.387 e. The Hall–Kier alpha value is -3.13.